The summed E-state index contributed by atoms with van der Waals surface area (Å²) in [6.07, 6.45) is 17.0. The van der Waals surface area contributed by atoms with E-state index in [4.69, 9.17) is 14.2 Å². The highest BCUT2D eigenvalue weighted by Gasteiger charge is 2.47. The minimum absolute atomic E-state index is 0.0160. The number of aliphatic carboxylic acids is 1. The van der Waals surface area contributed by atoms with Crippen LogP contribution in [0.4, 0.5) is 0 Å². The van der Waals surface area contributed by atoms with Crippen LogP contribution < -0.4 is 9.47 Å². The van der Waals surface area contributed by atoms with Gasteiger partial charge in [0, 0.05) is 37.6 Å². The molecule has 4 rings (SSSR count). The topological polar surface area (TPSA) is 106 Å². The number of carbonyl (C=O) groups is 2. The minimum Gasteiger partial charge on any atom is -0.504 e. The number of carboxylic acid groups (broad SMARTS) is 1. The summed E-state index contributed by atoms with van der Waals surface area (Å²) in [5.41, 5.74) is 1.97. The number of ketones is 1. The van der Waals surface area contributed by atoms with Crippen LogP contribution in [0.1, 0.15) is 76.7 Å². The van der Waals surface area contributed by atoms with Crippen molar-refractivity contribution < 1.29 is 34.0 Å². The Labute approximate surface area is 243 Å². The molecule has 1 aromatic carbocycles. The lowest BCUT2D eigenvalue weighted by atomic mass is 9.83. The predicted molar refractivity (Wildman–Crippen MR) is 157 cm³/mol. The van der Waals surface area contributed by atoms with Gasteiger partial charge in [0.05, 0.1) is 12.5 Å². The van der Waals surface area contributed by atoms with Gasteiger partial charge in [0.15, 0.2) is 11.5 Å². The highest BCUT2D eigenvalue weighted by atomic mass is 16.7. The van der Waals surface area contributed by atoms with E-state index >= 15 is 0 Å². The number of likely N-dealkylation sites (tertiary alicyclic amines) is 1. The summed E-state index contributed by atoms with van der Waals surface area (Å²) < 4.78 is 16.6. The van der Waals surface area contributed by atoms with Gasteiger partial charge in [-0.05, 0) is 62.6 Å². The third-order valence-corrected chi connectivity index (χ3v) is 8.43. The summed E-state index contributed by atoms with van der Waals surface area (Å²) in [7, 11) is 0. The zero-order valence-electron chi connectivity index (χ0n) is 24.4. The third-order valence-electron chi connectivity index (χ3n) is 8.43. The molecule has 1 fully saturated rings. The highest BCUT2D eigenvalue weighted by Crippen LogP contribution is 2.47. The van der Waals surface area contributed by atoms with Crippen molar-refractivity contribution in [3.63, 3.8) is 0 Å². The van der Waals surface area contributed by atoms with E-state index in [1.165, 1.54) is 5.57 Å². The molecule has 0 saturated carbocycles. The molecule has 0 bridgehead atoms. The number of carboxylic acids is 1. The molecule has 8 nitrogen and oxygen atoms in total. The first-order chi connectivity index (χ1) is 19.9. The van der Waals surface area contributed by atoms with E-state index in [2.05, 4.69) is 30.9 Å². The van der Waals surface area contributed by atoms with Gasteiger partial charge in [-0.3, -0.25) is 14.5 Å². The highest BCUT2D eigenvalue weighted by molar-refractivity contribution is 5.83. The lowest BCUT2D eigenvalue weighted by Crippen LogP contribution is -2.40. The first kappa shape index (κ1) is 30.8. The Morgan fingerprint density at radius 3 is 2.73 bits per heavy atom. The minimum atomic E-state index is -0.889. The second kappa shape index (κ2) is 15.2. The monoisotopic (exact) mass is 567 g/mol. The number of aromatic hydroxyl groups is 1. The Bertz CT molecular complexity index is 1140. The maximum Gasteiger partial charge on any atom is 0.308 e. The fourth-order valence-corrected chi connectivity index (χ4v) is 6.36. The number of rotatable bonds is 15. The molecule has 0 amide bonds. The van der Waals surface area contributed by atoms with E-state index in [1.807, 2.05) is 18.2 Å². The van der Waals surface area contributed by atoms with E-state index in [0.717, 1.165) is 38.5 Å². The molecule has 224 valence electrons. The van der Waals surface area contributed by atoms with Crippen LogP contribution in [-0.2, 0) is 14.3 Å². The van der Waals surface area contributed by atoms with Crippen molar-refractivity contribution >= 4 is 11.8 Å². The van der Waals surface area contributed by atoms with Crippen LogP contribution in [0.15, 0.2) is 48.1 Å². The average Bonchev–Trinajstić information content (AvgIpc) is 3.55. The van der Waals surface area contributed by atoms with Crippen molar-refractivity contribution in [3.8, 4) is 17.2 Å². The molecule has 0 spiro atoms. The van der Waals surface area contributed by atoms with Crippen LogP contribution in [0, 0.1) is 11.8 Å². The smallest absolute Gasteiger partial charge is 0.308 e. The number of ether oxygens (including phenoxy) is 3. The molecule has 0 aromatic heterocycles. The summed E-state index contributed by atoms with van der Waals surface area (Å²) in [6, 6.07) is 3.05. The summed E-state index contributed by atoms with van der Waals surface area (Å²) in [5, 5.41) is 21.1. The van der Waals surface area contributed by atoms with Crippen molar-refractivity contribution in [2.45, 2.75) is 77.2 Å². The number of allylic oxidation sites excluding steroid dienone is 6. The zero-order valence-corrected chi connectivity index (χ0v) is 24.4. The van der Waals surface area contributed by atoms with Crippen molar-refractivity contribution in [3.05, 3.63) is 53.6 Å². The lowest BCUT2D eigenvalue weighted by Gasteiger charge is -2.28. The molecule has 2 N–H and O–H groups in total. The normalized spacial score (nSPS) is 25.6. The van der Waals surface area contributed by atoms with E-state index < -0.39 is 17.8 Å². The van der Waals surface area contributed by atoms with E-state index in [1.54, 1.807) is 12.1 Å². The van der Waals surface area contributed by atoms with E-state index in [0.29, 0.717) is 43.9 Å². The number of phenolic OH excluding ortho intramolecular Hbond substituents is 1. The average molecular weight is 568 g/mol. The fraction of sp³-hybridized carbons (Fsp3) is 0.576. The van der Waals surface area contributed by atoms with Crippen LogP contribution in [0.25, 0.3) is 0 Å². The number of Topliss-reactive ketones (excluding diaryl/α,β-unsaturated/α-hetero) is 1. The van der Waals surface area contributed by atoms with Crippen molar-refractivity contribution in [2.24, 2.45) is 11.8 Å². The Morgan fingerprint density at radius 1 is 1.10 bits per heavy atom. The first-order valence-corrected chi connectivity index (χ1v) is 15.1. The van der Waals surface area contributed by atoms with Crippen LogP contribution >= 0.6 is 0 Å². The van der Waals surface area contributed by atoms with Gasteiger partial charge in [0.1, 0.15) is 5.78 Å². The van der Waals surface area contributed by atoms with Gasteiger partial charge in [-0.1, -0.05) is 56.2 Å². The Morgan fingerprint density at radius 2 is 1.95 bits per heavy atom. The van der Waals surface area contributed by atoms with Crippen LogP contribution in [0.2, 0.25) is 0 Å². The molecule has 3 aliphatic rings. The van der Waals surface area contributed by atoms with Gasteiger partial charge >= 0.3 is 5.97 Å². The van der Waals surface area contributed by atoms with Gasteiger partial charge in [-0.15, -0.1) is 0 Å². The van der Waals surface area contributed by atoms with E-state index in [-0.39, 0.29) is 42.6 Å². The number of phenols is 1. The third kappa shape index (κ3) is 8.01. The number of nitrogens with zero attached hydrogens (tertiary/aromatic N) is 1. The zero-order chi connectivity index (χ0) is 29.2. The summed E-state index contributed by atoms with van der Waals surface area (Å²) >= 11 is 0. The fourth-order valence-electron chi connectivity index (χ4n) is 6.36. The largest absolute Gasteiger partial charge is 0.504 e. The second-order valence-corrected chi connectivity index (χ2v) is 11.3. The van der Waals surface area contributed by atoms with Gasteiger partial charge in [-0.2, -0.15) is 0 Å². The lowest BCUT2D eigenvalue weighted by molar-refractivity contribution is -0.143. The molecular weight excluding hydrogens is 522 g/mol. The molecule has 0 radical (unpaired) electrons. The Kier molecular flexibility index (Phi) is 11.5. The maximum absolute atomic E-state index is 13.7. The number of hydrogen-bond acceptors (Lipinski definition) is 7. The SMILES string of the molecule is CCCOCCC(CCC)C(=O)CN1C[C@H](c2cc(O)c3c(c2)OCO3)[C@@H](C(=O)O)[C@@H]1CC/C1=C/C=C\C=C/CC1. The van der Waals surface area contributed by atoms with Gasteiger partial charge < -0.3 is 24.4 Å². The van der Waals surface area contributed by atoms with Crippen molar-refractivity contribution in [2.75, 3.05) is 33.1 Å². The van der Waals surface area contributed by atoms with Gasteiger partial charge in [-0.25, -0.2) is 0 Å². The molecule has 2 heterocycles. The maximum atomic E-state index is 13.7. The molecular formula is C33H45NO7. The number of benzene rings is 1. The molecule has 1 saturated heterocycles. The standard InChI is InChI=1S/C33H45NO7/c1-3-10-24(15-17-39-16-4-2)29(36)21-34-20-26(25-18-28(35)32-30(19-25)40-22-41-32)31(33(37)38)27(34)14-13-23-11-8-6-5-7-9-12-23/h5-8,11,18-19,24,26-27,31,35H,3-4,9-10,12-17,20-22H2,1-2H3,(H,37,38)/b7-5-,8-6-,23-11+/t24?,26-,27+,31-/m1/s1. The molecule has 2 aliphatic heterocycles. The van der Waals surface area contributed by atoms with Crippen LogP contribution in [-0.4, -0.2) is 66.0 Å². The predicted octanol–water partition coefficient (Wildman–Crippen LogP) is 6.00. The van der Waals surface area contributed by atoms with Crippen LogP contribution in [0.3, 0.4) is 0 Å². The molecule has 4 atom stereocenters. The molecule has 1 aliphatic carbocycles. The quantitative estimate of drug-likeness (QED) is 0.249. The number of hydrogen-bond donors (Lipinski definition) is 2. The van der Waals surface area contributed by atoms with Crippen molar-refractivity contribution in [1.29, 1.82) is 0 Å². The first-order valence-electron chi connectivity index (χ1n) is 15.1. The second-order valence-electron chi connectivity index (χ2n) is 11.3. The van der Waals surface area contributed by atoms with Crippen molar-refractivity contribution in [1.82, 2.24) is 4.90 Å². The molecule has 41 heavy (non-hydrogen) atoms. The molecule has 1 unspecified atom stereocenters. The summed E-state index contributed by atoms with van der Waals surface area (Å²) in [6.45, 7) is 6.04. The summed E-state index contributed by atoms with van der Waals surface area (Å²) in [4.78, 5) is 28.6. The van der Waals surface area contributed by atoms with Crippen LogP contribution in [0.5, 0.6) is 17.2 Å². The summed E-state index contributed by atoms with van der Waals surface area (Å²) in [5.74, 6) is -1.34. The Hall–Kier alpha value is -3.10. The Balaban J connectivity index is 1.58. The molecule has 1 aromatic rings. The molecule has 8 heteroatoms. The number of carbonyl (C=O) groups excluding carboxylic acids is 1. The van der Waals surface area contributed by atoms with Gasteiger partial charge in [0.25, 0.3) is 0 Å². The number of fused-ring (bicyclic) bond motifs is 1. The van der Waals surface area contributed by atoms with Gasteiger partial charge in [0.2, 0.25) is 12.5 Å². The van der Waals surface area contributed by atoms with E-state index in [9.17, 15) is 19.8 Å².